The number of para-hydroxylation sites is 1. The molecule has 1 amide bonds. The topological polar surface area (TPSA) is 77.6 Å². The molecule has 26 heavy (non-hydrogen) atoms. The van der Waals surface area contributed by atoms with E-state index in [1.165, 1.54) is 4.90 Å². The molecule has 0 spiro atoms. The molecule has 2 aromatic heterocycles. The first-order chi connectivity index (χ1) is 12.6. The molecule has 2 heterocycles. The Labute approximate surface area is 150 Å². The Balaban J connectivity index is 1.96. The standard InChI is InChI=1S/C19H19N3O4/c1-3-25-18(23)13-21(2)19(24)16-12-15(17-10-7-11-26-17)20-22(16)14-8-5-4-6-9-14/h4-12H,3,13H2,1-2H3. The van der Waals surface area contributed by atoms with Crippen molar-refractivity contribution in [2.45, 2.75) is 6.92 Å². The number of benzene rings is 1. The summed E-state index contributed by atoms with van der Waals surface area (Å²) in [5.41, 5.74) is 1.60. The van der Waals surface area contributed by atoms with Crippen molar-refractivity contribution in [1.82, 2.24) is 14.7 Å². The molecule has 0 bridgehead atoms. The van der Waals surface area contributed by atoms with Crippen LogP contribution in [0.1, 0.15) is 17.4 Å². The summed E-state index contributed by atoms with van der Waals surface area (Å²) < 4.78 is 11.8. The molecule has 0 N–H and O–H groups in total. The number of nitrogens with zero attached hydrogens (tertiary/aromatic N) is 3. The van der Waals surface area contributed by atoms with Gasteiger partial charge in [-0.05, 0) is 31.2 Å². The van der Waals surface area contributed by atoms with Gasteiger partial charge in [0.2, 0.25) is 0 Å². The van der Waals surface area contributed by atoms with E-state index in [9.17, 15) is 9.59 Å². The zero-order chi connectivity index (χ0) is 18.5. The molecule has 3 aromatic rings. The number of hydrogen-bond donors (Lipinski definition) is 0. The summed E-state index contributed by atoms with van der Waals surface area (Å²) >= 11 is 0. The molecule has 3 rings (SSSR count). The molecule has 7 heteroatoms. The van der Waals surface area contributed by atoms with Crippen molar-refractivity contribution in [3.05, 3.63) is 60.5 Å². The minimum Gasteiger partial charge on any atom is -0.465 e. The van der Waals surface area contributed by atoms with Gasteiger partial charge in [-0.2, -0.15) is 5.10 Å². The zero-order valence-electron chi connectivity index (χ0n) is 14.6. The van der Waals surface area contributed by atoms with Gasteiger partial charge in [0.15, 0.2) is 5.76 Å². The van der Waals surface area contributed by atoms with Crippen LogP contribution < -0.4 is 0 Å². The van der Waals surface area contributed by atoms with Crippen LogP contribution in [0.2, 0.25) is 0 Å². The first-order valence-electron chi connectivity index (χ1n) is 8.20. The van der Waals surface area contributed by atoms with Crippen molar-refractivity contribution in [1.29, 1.82) is 0 Å². The normalized spacial score (nSPS) is 10.5. The minimum absolute atomic E-state index is 0.136. The van der Waals surface area contributed by atoms with Crippen LogP contribution in [0.3, 0.4) is 0 Å². The van der Waals surface area contributed by atoms with E-state index in [4.69, 9.17) is 9.15 Å². The number of furan rings is 1. The Bertz CT molecular complexity index is 885. The Morgan fingerprint density at radius 2 is 1.96 bits per heavy atom. The van der Waals surface area contributed by atoms with Crippen molar-refractivity contribution >= 4 is 11.9 Å². The van der Waals surface area contributed by atoms with Gasteiger partial charge >= 0.3 is 5.97 Å². The van der Waals surface area contributed by atoms with E-state index in [1.54, 1.807) is 43.1 Å². The van der Waals surface area contributed by atoms with Gasteiger partial charge < -0.3 is 14.1 Å². The zero-order valence-corrected chi connectivity index (χ0v) is 14.6. The van der Waals surface area contributed by atoms with Crippen LogP contribution in [0.5, 0.6) is 0 Å². The summed E-state index contributed by atoms with van der Waals surface area (Å²) in [4.78, 5) is 25.9. The molecular formula is C19H19N3O4. The van der Waals surface area contributed by atoms with Crippen LogP contribution in [-0.2, 0) is 9.53 Å². The summed E-state index contributed by atoms with van der Waals surface area (Å²) in [6, 6.07) is 14.5. The number of likely N-dealkylation sites (N-methyl/N-ethyl adjacent to an activating group) is 1. The fourth-order valence-corrected chi connectivity index (χ4v) is 2.51. The van der Waals surface area contributed by atoms with E-state index in [2.05, 4.69) is 5.10 Å². The fraction of sp³-hybridized carbons (Fsp3) is 0.211. The smallest absolute Gasteiger partial charge is 0.325 e. The summed E-state index contributed by atoms with van der Waals surface area (Å²) in [5.74, 6) is -0.241. The summed E-state index contributed by atoms with van der Waals surface area (Å²) in [6.07, 6.45) is 1.55. The van der Waals surface area contributed by atoms with Gasteiger partial charge in [-0.25, -0.2) is 4.68 Å². The highest BCUT2D eigenvalue weighted by Gasteiger charge is 2.23. The minimum atomic E-state index is -0.458. The SMILES string of the molecule is CCOC(=O)CN(C)C(=O)c1cc(-c2ccco2)nn1-c1ccccc1. The lowest BCUT2D eigenvalue weighted by Gasteiger charge is -2.16. The maximum absolute atomic E-state index is 12.9. The van der Waals surface area contributed by atoms with Crippen molar-refractivity contribution in [3.8, 4) is 17.1 Å². The maximum atomic E-state index is 12.9. The Morgan fingerprint density at radius 3 is 2.62 bits per heavy atom. The lowest BCUT2D eigenvalue weighted by Crippen LogP contribution is -2.34. The molecule has 1 aromatic carbocycles. The molecule has 0 saturated heterocycles. The van der Waals surface area contributed by atoms with Crippen LogP contribution in [0.4, 0.5) is 0 Å². The third-order valence-electron chi connectivity index (χ3n) is 3.72. The van der Waals surface area contributed by atoms with Crippen molar-refractivity contribution in [2.24, 2.45) is 0 Å². The molecule has 134 valence electrons. The molecule has 0 aliphatic rings. The van der Waals surface area contributed by atoms with Crippen molar-refractivity contribution < 1.29 is 18.7 Å². The second kappa shape index (κ2) is 7.69. The molecule has 0 fully saturated rings. The van der Waals surface area contributed by atoms with E-state index in [-0.39, 0.29) is 19.1 Å². The monoisotopic (exact) mass is 353 g/mol. The number of ether oxygens (including phenoxy) is 1. The number of carbonyl (C=O) groups excluding carboxylic acids is 2. The maximum Gasteiger partial charge on any atom is 0.325 e. The molecule has 0 unspecified atom stereocenters. The van der Waals surface area contributed by atoms with Gasteiger partial charge in [0.1, 0.15) is 17.9 Å². The van der Waals surface area contributed by atoms with Crippen LogP contribution in [0.25, 0.3) is 17.1 Å². The second-order valence-corrected chi connectivity index (χ2v) is 5.61. The predicted octanol–water partition coefficient (Wildman–Crippen LogP) is 2.77. The number of aromatic nitrogens is 2. The predicted molar refractivity (Wildman–Crippen MR) is 94.9 cm³/mol. The van der Waals surface area contributed by atoms with Crippen LogP contribution >= 0.6 is 0 Å². The van der Waals surface area contributed by atoms with Gasteiger partial charge in [-0.3, -0.25) is 9.59 Å². The van der Waals surface area contributed by atoms with E-state index in [1.807, 2.05) is 30.3 Å². The Hall–Kier alpha value is -3.35. The number of carbonyl (C=O) groups is 2. The van der Waals surface area contributed by atoms with E-state index >= 15 is 0 Å². The average molecular weight is 353 g/mol. The van der Waals surface area contributed by atoms with E-state index in [0.717, 1.165) is 5.69 Å². The average Bonchev–Trinajstić information content (AvgIpc) is 3.31. The van der Waals surface area contributed by atoms with Crippen molar-refractivity contribution in [2.75, 3.05) is 20.2 Å². The summed E-state index contributed by atoms with van der Waals surface area (Å²) in [5, 5.41) is 4.50. The highest BCUT2D eigenvalue weighted by atomic mass is 16.5. The van der Waals surface area contributed by atoms with Crippen LogP contribution in [0.15, 0.2) is 59.2 Å². The van der Waals surface area contributed by atoms with Gasteiger partial charge in [0.25, 0.3) is 5.91 Å². The third-order valence-corrected chi connectivity index (χ3v) is 3.72. The largest absolute Gasteiger partial charge is 0.465 e. The highest BCUT2D eigenvalue weighted by molar-refractivity contribution is 5.95. The van der Waals surface area contributed by atoms with E-state index in [0.29, 0.717) is 17.1 Å². The highest BCUT2D eigenvalue weighted by Crippen LogP contribution is 2.23. The third kappa shape index (κ3) is 3.66. The molecular weight excluding hydrogens is 334 g/mol. The van der Waals surface area contributed by atoms with E-state index < -0.39 is 5.97 Å². The molecule has 0 radical (unpaired) electrons. The molecule has 0 aliphatic carbocycles. The quantitative estimate of drug-likeness (QED) is 0.637. The Morgan fingerprint density at radius 1 is 1.19 bits per heavy atom. The van der Waals surface area contributed by atoms with Gasteiger partial charge in [-0.15, -0.1) is 0 Å². The number of rotatable bonds is 6. The fourth-order valence-electron chi connectivity index (χ4n) is 2.51. The van der Waals surface area contributed by atoms with Gasteiger partial charge in [-0.1, -0.05) is 18.2 Å². The van der Waals surface area contributed by atoms with Crippen LogP contribution in [0, 0.1) is 0 Å². The second-order valence-electron chi connectivity index (χ2n) is 5.61. The number of esters is 1. The first-order valence-corrected chi connectivity index (χ1v) is 8.20. The molecule has 0 atom stereocenters. The van der Waals surface area contributed by atoms with Gasteiger partial charge in [0.05, 0.1) is 18.6 Å². The Kier molecular flexibility index (Phi) is 5.17. The lowest BCUT2D eigenvalue weighted by atomic mass is 10.2. The summed E-state index contributed by atoms with van der Waals surface area (Å²) in [6.45, 7) is 1.86. The number of hydrogen-bond acceptors (Lipinski definition) is 5. The first kappa shape index (κ1) is 17.5. The molecule has 0 aliphatic heterocycles. The molecule has 7 nitrogen and oxygen atoms in total. The van der Waals surface area contributed by atoms with Gasteiger partial charge in [0, 0.05) is 13.1 Å². The van der Waals surface area contributed by atoms with Crippen LogP contribution in [-0.4, -0.2) is 46.8 Å². The van der Waals surface area contributed by atoms with Crippen molar-refractivity contribution in [3.63, 3.8) is 0 Å². The number of amides is 1. The lowest BCUT2D eigenvalue weighted by molar-refractivity contribution is -0.143. The summed E-state index contributed by atoms with van der Waals surface area (Å²) in [7, 11) is 1.55. The molecule has 0 saturated carbocycles.